The second-order valence-electron chi connectivity index (χ2n) is 7.68. The van der Waals surface area contributed by atoms with Gasteiger partial charge in [0.2, 0.25) is 0 Å². The van der Waals surface area contributed by atoms with Crippen LogP contribution in [0.3, 0.4) is 0 Å². The highest BCUT2D eigenvalue weighted by molar-refractivity contribution is 8.13. The summed E-state index contributed by atoms with van der Waals surface area (Å²) in [7, 11) is -0.592. The first-order valence-electron chi connectivity index (χ1n) is 8.69. The summed E-state index contributed by atoms with van der Waals surface area (Å²) in [4.78, 5) is 34.9. The van der Waals surface area contributed by atoms with E-state index in [0.717, 1.165) is 11.0 Å². The molecule has 0 radical (unpaired) electrons. The Balaban J connectivity index is 1.94. The van der Waals surface area contributed by atoms with Gasteiger partial charge in [-0.15, -0.1) is 0 Å². The van der Waals surface area contributed by atoms with Gasteiger partial charge in [-0.1, -0.05) is 23.9 Å². The van der Waals surface area contributed by atoms with Crippen LogP contribution in [0.15, 0.2) is 23.7 Å². The van der Waals surface area contributed by atoms with Gasteiger partial charge in [-0.2, -0.15) is 0 Å². The molecule has 0 bridgehead atoms. The number of nitrogens with one attached hydrogen (secondary N) is 1. The van der Waals surface area contributed by atoms with Crippen LogP contribution in [0.1, 0.15) is 50.5 Å². The fraction of sp³-hybridized carbons (Fsp3) is 0.421. The first kappa shape index (κ1) is 19.9. The van der Waals surface area contributed by atoms with E-state index < -0.39 is 30.0 Å². The summed E-state index contributed by atoms with van der Waals surface area (Å²) in [5, 5.41) is 2.53. The van der Waals surface area contributed by atoms with Crippen molar-refractivity contribution in [1.82, 2.24) is 0 Å². The Bertz CT molecular complexity index is 846. The number of anilines is 1. The Morgan fingerprint density at radius 3 is 2.41 bits per heavy atom. The number of thioether (sulfide) groups is 1. The van der Waals surface area contributed by atoms with Crippen molar-refractivity contribution in [2.45, 2.75) is 45.8 Å². The molecule has 0 spiro atoms. The zero-order chi connectivity index (χ0) is 20.0. The zero-order valence-corrected chi connectivity index (χ0v) is 16.9. The van der Waals surface area contributed by atoms with Crippen molar-refractivity contribution in [2.75, 3.05) is 11.1 Å². The van der Waals surface area contributed by atoms with E-state index in [1.807, 2.05) is 33.8 Å². The second-order valence-corrected chi connectivity index (χ2v) is 8.83. The molecule has 2 heterocycles. The lowest BCUT2D eigenvalue weighted by molar-refractivity contribution is -0.112. The molecular weight excluding hydrogens is 365 g/mol. The summed E-state index contributed by atoms with van der Waals surface area (Å²) in [5.41, 5.74) is 1.40. The normalized spacial score (nSPS) is 20.6. The zero-order valence-electron chi connectivity index (χ0n) is 16.0. The molecule has 2 aliphatic rings. The van der Waals surface area contributed by atoms with E-state index in [-0.39, 0.29) is 5.12 Å². The third kappa shape index (κ3) is 3.88. The Labute approximate surface area is 163 Å². The lowest BCUT2D eigenvalue weighted by Gasteiger charge is -2.32. The first-order valence-corrected chi connectivity index (χ1v) is 9.68. The second kappa shape index (κ2) is 6.93. The van der Waals surface area contributed by atoms with Gasteiger partial charge in [0, 0.05) is 12.7 Å². The number of Topliss-reactive ketones (excluding diaryl/α,β-unsaturated/α-hetero) is 1. The van der Waals surface area contributed by atoms with Crippen molar-refractivity contribution in [3.8, 4) is 0 Å². The molecule has 6 nitrogen and oxygen atoms in total. The highest BCUT2D eigenvalue weighted by Gasteiger charge is 2.52. The van der Waals surface area contributed by atoms with Crippen LogP contribution in [0.2, 0.25) is 0 Å². The molecule has 1 aromatic rings. The molecule has 2 aliphatic heterocycles. The van der Waals surface area contributed by atoms with Gasteiger partial charge >= 0.3 is 7.12 Å². The predicted molar refractivity (Wildman–Crippen MR) is 107 cm³/mol. The summed E-state index contributed by atoms with van der Waals surface area (Å²) < 4.78 is 12.2. The fourth-order valence-electron chi connectivity index (χ4n) is 2.82. The number of carbonyl (C=O) groups is 3. The van der Waals surface area contributed by atoms with E-state index >= 15 is 0 Å². The minimum absolute atomic E-state index is 0.00338. The molecule has 0 saturated carbocycles. The van der Waals surface area contributed by atoms with Crippen LogP contribution in [-0.4, -0.2) is 40.9 Å². The third-order valence-electron chi connectivity index (χ3n) is 5.09. The Hall–Kier alpha value is -1.90. The molecule has 1 fully saturated rings. The monoisotopic (exact) mass is 387 g/mol. The van der Waals surface area contributed by atoms with Gasteiger partial charge in [0.25, 0.3) is 11.7 Å². The third-order valence-corrected chi connectivity index (χ3v) is 5.98. The van der Waals surface area contributed by atoms with Gasteiger partial charge in [0.1, 0.15) is 0 Å². The lowest BCUT2D eigenvalue weighted by Crippen LogP contribution is -2.41. The summed E-state index contributed by atoms with van der Waals surface area (Å²) >= 11 is 1.17. The summed E-state index contributed by atoms with van der Waals surface area (Å²) in [5.74, 6) is -0.756. The van der Waals surface area contributed by atoms with Gasteiger partial charge in [0.15, 0.2) is 5.12 Å². The minimum atomic E-state index is -0.621. The van der Waals surface area contributed by atoms with Crippen LogP contribution in [0.5, 0.6) is 0 Å². The number of ketones is 1. The van der Waals surface area contributed by atoms with Crippen molar-refractivity contribution in [2.24, 2.45) is 0 Å². The smallest absolute Gasteiger partial charge is 0.400 e. The van der Waals surface area contributed by atoms with Gasteiger partial charge < -0.3 is 14.6 Å². The SMILES string of the molecule is CC(=O)SCC(=Cc1ccc2c(c1)C(=O)C(=O)N2)B1OC(C)(C)C(C)(C)O1. The van der Waals surface area contributed by atoms with E-state index in [4.69, 9.17) is 9.31 Å². The van der Waals surface area contributed by atoms with Crippen LogP contribution in [-0.2, 0) is 18.9 Å². The molecule has 8 heteroatoms. The van der Waals surface area contributed by atoms with Crippen LogP contribution >= 0.6 is 11.8 Å². The summed E-state index contributed by atoms with van der Waals surface area (Å²) in [6.07, 6.45) is 1.86. The van der Waals surface area contributed by atoms with Crippen molar-refractivity contribution in [3.63, 3.8) is 0 Å². The number of hydrogen-bond donors (Lipinski definition) is 1. The number of hydrogen-bond acceptors (Lipinski definition) is 6. The van der Waals surface area contributed by atoms with Crippen LogP contribution < -0.4 is 5.32 Å². The van der Waals surface area contributed by atoms with E-state index in [1.165, 1.54) is 18.7 Å². The first-order chi connectivity index (χ1) is 12.5. The average molecular weight is 387 g/mol. The van der Waals surface area contributed by atoms with Crippen molar-refractivity contribution < 1.29 is 23.7 Å². The van der Waals surface area contributed by atoms with Crippen molar-refractivity contribution in [1.29, 1.82) is 0 Å². The fourth-order valence-corrected chi connectivity index (χ4v) is 3.41. The van der Waals surface area contributed by atoms with E-state index in [2.05, 4.69) is 5.32 Å². The van der Waals surface area contributed by atoms with Gasteiger partial charge in [0.05, 0.1) is 22.5 Å². The molecular formula is C19H22BNO5S. The molecule has 1 saturated heterocycles. The maximum Gasteiger partial charge on any atom is 0.491 e. The molecule has 1 amide bonds. The highest BCUT2D eigenvalue weighted by atomic mass is 32.2. The average Bonchev–Trinajstić information content (AvgIpc) is 2.96. The van der Waals surface area contributed by atoms with E-state index in [1.54, 1.807) is 18.2 Å². The molecule has 3 rings (SSSR count). The van der Waals surface area contributed by atoms with Crippen LogP contribution in [0.25, 0.3) is 6.08 Å². The lowest BCUT2D eigenvalue weighted by atomic mass is 9.78. The standard InChI is InChI=1S/C19H22BNO5S/c1-11(22)27-10-13(20-25-18(2,3)19(4,5)26-20)8-12-6-7-15-14(9-12)16(23)17(24)21-15/h6-9H,10H2,1-5H3,(H,21,23,24). The topological polar surface area (TPSA) is 81.7 Å². The van der Waals surface area contributed by atoms with Gasteiger partial charge in [-0.25, -0.2) is 0 Å². The predicted octanol–water partition coefficient (Wildman–Crippen LogP) is 3.12. The largest absolute Gasteiger partial charge is 0.491 e. The highest BCUT2D eigenvalue weighted by Crippen LogP contribution is 2.39. The Morgan fingerprint density at radius 1 is 1.19 bits per heavy atom. The minimum Gasteiger partial charge on any atom is -0.400 e. The van der Waals surface area contributed by atoms with Crippen molar-refractivity contribution >= 4 is 47.4 Å². The molecule has 27 heavy (non-hydrogen) atoms. The number of benzene rings is 1. The summed E-state index contributed by atoms with van der Waals surface area (Å²) in [6, 6.07) is 5.17. The number of amides is 1. The maximum absolute atomic E-state index is 11.9. The Kier molecular flexibility index (Phi) is 5.09. The molecule has 0 unspecified atom stereocenters. The van der Waals surface area contributed by atoms with Gasteiger partial charge in [-0.05, 0) is 50.9 Å². The molecule has 142 valence electrons. The molecule has 0 aliphatic carbocycles. The van der Waals surface area contributed by atoms with E-state index in [9.17, 15) is 14.4 Å². The summed E-state index contributed by atoms with van der Waals surface area (Å²) in [6.45, 7) is 9.38. The number of rotatable bonds is 4. The van der Waals surface area contributed by atoms with Crippen molar-refractivity contribution in [3.05, 3.63) is 34.8 Å². The molecule has 0 aromatic heterocycles. The quantitative estimate of drug-likeness (QED) is 0.632. The molecule has 1 N–H and O–H groups in total. The van der Waals surface area contributed by atoms with Crippen LogP contribution in [0, 0.1) is 0 Å². The maximum atomic E-state index is 11.9. The number of fused-ring (bicyclic) bond motifs is 1. The Morgan fingerprint density at radius 2 is 1.81 bits per heavy atom. The molecule has 0 atom stereocenters. The number of carbonyl (C=O) groups excluding carboxylic acids is 3. The van der Waals surface area contributed by atoms with Gasteiger partial charge in [-0.3, -0.25) is 14.4 Å². The van der Waals surface area contributed by atoms with E-state index in [0.29, 0.717) is 17.0 Å². The molecule has 1 aromatic carbocycles. The van der Waals surface area contributed by atoms with Crippen LogP contribution in [0.4, 0.5) is 5.69 Å².